The molecule has 0 spiro atoms. The molecule has 1 N–H and O–H groups in total. The van der Waals surface area contributed by atoms with E-state index in [2.05, 4.69) is 24.8 Å². The summed E-state index contributed by atoms with van der Waals surface area (Å²) in [4.78, 5) is 0. The predicted octanol–water partition coefficient (Wildman–Crippen LogP) is 0.183. The summed E-state index contributed by atoms with van der Waals surface area (Å²) in [6.07, 6.45) is 5.36. The average molecular weight is 79.9 g/mol. The zero-order chi connectivity index (χ0) is 4.24. The van der Waals surface area contributed by atoms with Crippen LogP contribution in [0, 0.1) is 0 Å². The smallest absolute Gasteiger partial charge is 0.209 e. The molecule has 1 rings (SSSR count). The van der Waals surface area contributed by atoms with Gasteiger partial charge in [0.25, 0.3) is 0 Å². The van der Waals surface area contributed by atoms with Gasteiger partial charge in [-0.15, -0.1) is 0 Å². The fourth-order valence-corrected chi connectivity index (χ4v) is 0.482. The number of allylic oxidation sites excluding steroid dienone is 1. The first kappa shape index (κ1) is 3.94. The van der Waals surface area contributed by atoms with Crippen molar-refractivity contribution in [1.29, 1.82) is 0 Å². The quantitative estimate of drug-likeness (QED) is 0.323. The van der Waals surface area contributed by atoms with Crippen molar-refractivity contribution in [3.63, 3.8) is 0 Å². The molecular formula is C4H7BN. The second-order valence-corrected chi connectivity index (χ2v) is 1.32. The molecule has 0 aromatic heterocycles. The first-order valence-electron chi connectivity index (χ1n) is 2.20. The fraction of sp³-hybridized carbons (Fsp3) is 0.500. The Bertz CT molecular complexity index is 52.6. The van der Waals surface area contributed by atoms with Crippen molar-refractivity contribution >= 4 is 7.41 Å². The molecule has 0 atom stereocenters. The van der Waals surface area contributed by atoms with E-state index in [4.69, 9.17) is 0 Å². The van der Waals surface area contributed by atoms with Crippen molar-refractivity contribution in [1.82, 2.24) is 5.23 Å². The number of rotatable bonds is 0. The molecule has 1 nitrogen and oxygen atoms in total. The third-order valence-corrected chi connectivity index (χ3v) is 0.801. The standard InChI is InChI=1S/C4H7BN/c1-2-4-6-5-3-1/h1-2,6H,3-4H2. The van der Waals surface area contributed by atoms with Crippen LogP contribution in [-0.2, 0) is 0 Å². The van der Waals surface area contributed by atoms with E-state index >= 15 is 0 Å². The summed E-state index contributed by atoms with van der Waals surface area (Å²) in [5.74, 6) is 0. The van der Waals surface area contributed by atoms with Crippen molar-refractivity contribution in [2.75, 3.05) is 6.54 Å². The maximum atomic E-state index is 3.07. The second kappa shape index (κ2) is 2.03. The van der Waals surface area contributed by atoms with Crippen LogP contribution in [-0.4, -0.2) is 14.0 Å². The van der Waals surface area contributed by atoms with E-state index in [1.165, 1.54) is 0 Å². The van der Waals surface area contributed by atoms with E-state index in [-0.39, 0.29) is 0 Å². The SMILES string of the molecule is [B]1CC=CCN1. The predicted molar refractivity (Wildman–Crippen MR) is 27.7 cm³/mol. The van der Waals surface area contributed by atoms with Crippen molar-refractivity contribution in [2.24, 2.45) is 0 Å². The molecule has 0 saturated heterocycles. The van der Waals surface area contributed by atoms with E-state index in [9.17, 15) is 0 Å². The van der Waals surface area contributed by atoms with Gasteiger partial charge in [-0.25, -0.2) is 0 Å². The summed E-state index contributed by atoms with van der Waals surface area (Å²) in [6, 6.07) is 0. The van der Waals surface area contributed by atoms with E-state index in [1.54, 1.807) is 0 Å². The second-order valence-electron chi connectivity index (χ2n) is 1.32. The lowest BCUT2D eigenvalue weighted by molar-refractivity contribution is 1.06. The van der Waals surface area contributed by atoms with Gasteiger partial charge in [-0.05, 0) is 6.32 Å². The van der Waals surface area contributed by atoms with Gasteiger partial charge in [-0.1, -0.05) is 12.2 Å². The van der Waals surface area contributed by atoms with Gasteiger partial charge in [0.05, 0.1) is 0 Å². The number of hydrogen-bond donors (Lipinski definition) is 1. The van der Waals surface area contributed by atoms with Crippen molar-refractivity contribution in [3.05, 3.63) is 12.2 Å². The Morgan fingerprint density at radius 2 is 2.50 bits per heavy atom. The molecular weight excluding hydrogens is 72.9 g/mol. The van der Waals surface area contributed by atoms with Gasteiger partial charge in [-0.3, -0.25) is 0 Å². The Morgan fingerprint density at radius 3 is 2.67 bits per heavy atom. The van der Waals surface area contributed by atoms with Crippen LogP contribution in [0.3, 0.4) is 0 Å². The summed E-state index contributed by atoms with van der Waals surface area (Å²) < 4.78 is 0. The molecule has 1 heterocycles. The van der Waals surface area contributed by atoms with Gasteiger partial charge in [0, 0.05) is 6.54 Å². The Labute approximate surface area is 38.7 Å². The van der Waals surface area contributed by atoms with Crippen molar-refractivity contribution in [2.45, 2.75) is 6.32 Å². The van der Waals surface area contributed by atoms with E-state index in [0.717, 1.165) is 12.9 Å². The zero-order valence-corrected chi connectivity index (χ0v) is 3.65. The first-order valence-corrected chi connectivity index (χ1v) is 2.20. The number of hydrogen-bond acceptors (Lipinski definition) is 1. The maximum absolute atomic E-state index is 3.07. The highest BCUT2D eigenvalue weighted by Gasteiger charge is 1.87. The molecule has 0 amide bonds. The molecule has 0 aliphatic carbocycles. The summed E-state index contributed by atoms with van der Waals surface area (Å²) in [7, 11) is 2.06. The van der Waals surface area contributed by atoms with Crippen LogP contribution in [0.25, 0.3) is 0 Å². The van der Waals surface area contributed by atoms with E-state index in [1.807, 2.05) is 0 Å². The van der Waals surface area contributed by atoms with Crippen LogP contribution in [0.1, 0.15) is 0 Å². The molecule has 1 aliphatic rings. The lowest BCUT2D eigenvalue weighted by Crippen LogP contribution is -2.20. The maximum Gasteiger partial charge on any atom is 0.209 e. The summed E-state index contributed by atoms with van der Waals surface area (Å²) in [5, 5.41) is 3.07. The molecule has 6 heavy (non-hydrogen) atoms. The minimum Gasteiger partial charge on any atom is -0.357 e. The lowest BCUT2D eigenvalue weighted by atomic mass is 9.87. The molecule has 0 fully saturated rings. The highest BCUT2D eigenvalue weighted by atomic mass is 14.7. The normalized spacial score (nSPS) is 20.0. The van der Waals surface area contributed by atoms with E-state index < -0.39 is 0 Å². The molecule has 0 aromatic rings. The molecule has 1 radical (unpaired) electrons. The van der Waals surface area contributed by atoms with Crippen LogP contribution in [0.5, 0.6) is 0 Å². The largest absolute Gasteiger partial charge is 0.357 e. The zero-order valence-electron chi connectivity index (χ0n) is 3.65. The molecule has 0 aromatic carbocycles. The molecule has 31 valence electrons. The molecule has 1 aliphatic heterocycles. The minimum atomic E-state index is 1.01. The molecule has 2 heteroatoms. The summed E-state index contributed by atoms with van der Waals surface area (Å²) in [5.41, 5.74) is 0. The monoisotopic (exact) mass is 80.1 g/mol. The lowest BCUT2D eigenvalue weighted by Gasteiger charge is -1.99. The Balaban J connectivity index is 2.26. The Hall–Kier alpha value is -0.235. The van der Waals surface area contributed by atoms with Gasteiger partial charge in [0.15, 0.2) is 0 Å². The fourth-order valence-electron chi connectivity index (χ4n) is 0.482. The summed E-state index contributed by atoms with van der Waals surface area (Å²) in [6.45, 7) is 1.01. The highest BCUT2D eigenvalue weighted by molar-refractivity contribution is 6.33. The van der Waals surface area contributed by atoms with Crippen LogP contribution < -0.4 is 5.23 Å². The third-order valence-electron chi connectivity index (χ3n) is 0.801. The average Bonchev–Trinajstić information content (AvgIpc) is 1.72. The molecule has 0 bridgehead atoms. The van der Waals surface area contributed by atoms with Crippen LogP contribution >= 0.6 is 0 Å². The van der Waals surface area contributed by atoms with Crippen molar-refractivity contribution in [3.8, 4) is 0 Å². The van der Waals surface area contributed by atoms with Gasteiger partial charge in [0.2, 0.25) is 7.41 Å². The Morgan fingerprint density at radius 1 is 1.50 bits per heavy atom. The number of nitrogens with one attached hydrogen (secondary N) is 1. The molecule has 0 unspecified atom stereocenters. The van der Waals surface area contributed by atoms with Gasteiger partial charge in [0.1, 0.15) is 0 Å². The topological polar surface area (TPSA) is 12.0 Å². The Kier molecular flexibility index (Phi) is 1.33. The van der Waals surface area contributed by atoms with Crippen LogP contribution in [0.15, 0.2) is 12.2 Å². The van der Waals surface area contributed by atoms with Crippen molar-refractivity contribution < 1.29 is 0 Å². The van der Waals surface area contributed by atoms with Crippen LogP contribution in [0.2, 0.25) is 6.32 Å². The van der Waals surface area contributed by atoms with Gasteiger partial charge < -0.3 is 5.23 Å². The van der Waals surface area contributed by atoms with Gasteiger partial charge in [-0.2, -0.15) is 0 Å². The highest BCUT2D eigenvalue weighted by Crippen LogP contribution is 1.83. The third kappa shape index (κ3) is 0.866. The van der Waals surface area contributed by atoms with E-state index in [0.29, 0.717) is 0 Å². The first-order chi connectivity index (χ1) is 3.00. The van der Waals surface area contributed by atoms with Gasteiger partial charge >= 0.3 is 0 Å². The summed E-state index contributed by atoms with van der Waals surface area (Å²) >= 11 is 0. The molecule has 0 saturated carbocycles. The van der Waals surface area contributed by atoms with Crippen LogP contribution in [0.4, 0.5) is 0 Å². The minimum absolute atomic E-state index is 1.01.